The van der Waals surface area contributed by atoms with E-state index >= 15 is 0 Å². The maximum absolute atomic E-state index is 5.57. The summed E-state index contributed by atoms with van der Waals surface area (Å²) in [7, 11) is 1.75. The fourth-order valence-electron chi connectivity index (χ4n) is 5.24. The minimum absolute atomic E-state index is 0.879. The second kappa shape index (κ2) is 16.0. The van der Waals surface area contributed by atoms with Crippen LogP contribution in [0.4, 0.5) is 0 Å². The van der Waals surface area contributed by atoms with Gasteiger partial charge in [-0.2, -0.15) is 5.10 Å². The Hall–Kier alpha value is -3.37. The Balaban J connectivity index is 0.000000827. The number of methoxy groups -OCH3 is 1. The van der Waals surface area contributed by atoms with E-state index in [-0.39, 0.29) is 0 Å². The molecule has 4 nitrogen and oxygen atoms in total. The van der Waals surface area contributed by atoms with Gasteiger partial charge in [0, 0.05) is 18.1 Å². The lowest BCUT2D eigenvalue weighted by atomic mass is 9.86. The monoisotopic (exact) mass is 539 g/mol. The molecule has 4 heteroatoms. The number of nitrogens with zero attached hydrogens (tertiary/aromatic N) is 2. The summed E-state index contributed by atoms with van der Waals surface area (Å²) < 4.78 is 7.64. The van der Waals surface area contributed by atoms with Crippen LogP contribution in [0.3, 0.4) is 0 Å². The SMILES string of the molecule is CC.CCC.CCCNCCn1cc2cc(C3=C(c4ccccc4C)CCCc4cc(OC)ccc43)ccc2n1. The van der Waals surface area contributed by atoms with Gasteiger partial charge in [0.1, 0.15) is 5.75 Å². The Bertz CT molecular complexity index is 1380. The molecule has 0 atom stereocenters. The van der Waals surface area contributed by atoms with Crippen LogP contribution in [0, 0.1) is 6.92 Å². The van der Waals surface area contributed by atoms with Gasteiger partial charge in [0.05, 0.1) is 19.2 Å². The fraction of sp³-hybridized carbons (Fsp3) is 0.417. The van der Waals surface area contributed by atoms with Crippen molar-refractivity contribution in [2.45, 2.75) is 80.2 Å². The minimum atomic E-state index is 0.879. The molecule has 4 aromatic rings. The first kappa shape index (κ1) is 31.2. The molecule has 3 aromatic carbocycles. The lowest BCUT2D eigenvalue weighted by Crippen LogP contribution is -2.20. The van der Waals surface area contributed by atoms with E-state index in [0.29, 0.717) is 0 Å². The molecular formula is C36H49N3O. The van der Waals surface area contributed by atoms with Crippen molar-refractivity contribution in [1.82, 2.24) is 15.1 Å². The zero-order valence-corrected chi connectivity index (χ0v) is 25.8. The minimum Gasteiger partial charge on any atom is -0.497 e. The molecule has 1 N–H and O–H groups in total. The summed E-state index contributed by atoms with van der Waals surface area (Å²) in [6, 6.07) is 22.1. The number of allylic oxidation sites excluding steroid dienone is 1. The van der Waals surface area contributed by atoms with E-state index < -0.39 is 0 Å². The van der Waals surface area contributed by atoms with Crippen molar-refractivity contribution in [2.75, 3.05) is 20.2 Å². The van der Waals surface area contributed by atoms with Gasteiger partial charge in [-0.1, -0.05) is 77.4 Å². The molecular weight excluding hydrogens is 490 g/mol. The van der Waals surface area contributed by atoms with Crippen LogP contribution in [0.25, 0.3) is 22.0 Å². The van der Waals surface area contributed by atoms with Crippen molar-refractivity contribution >= 4 is 22.0 Å². The van der Waals surface area contributed by atoms with Crippen molar-refractivity contribution in [3.8, 4) is 5.75 Å². The summed E-state index contributed by atoms with van der Waals surface area (Å²) in [4.78, 5) is 0. The molecule has 0 aliphatic heterocycles. The van der Waals surface area contributed by atoms with Gasteiger partial charge in [0.15, 0.2) is 0 Å². The van der Waals surface area contributed by atoms with Crippen LogP contribution in [0.1, 0.15) is 88.1 Å². The second-order valence-corrected chi connectivity index (χ2v) is 10.2. The Kier molecular flexibility index (Phi) is 12.5. The lowest BCUT2D eigenvalue weighted by molar-refractivity contribution is 0.414. The highest BCUT2D eigenvalue weighted by molar-refractivity contribution is 6.02. The smallest absolute Gasteiger partial charge is 0.119 e. The molecule has 0 saturated carbocycles. The third-order valence-corrected chi connectivity index (χ3v) is 7.01. The van der Waals surface area contributed by atoms with Crippen LogP contribution >= 0.6 is 0 Å². The molecule has 1 heterocycles. The van der Waals surface area contributed by atoms with Gasteiger partial charge in [-0.25, -0.2) is 0 Å². The number of hydrogen-bond acceptors (Lipinski definition) is 3. The molecule has 0 spiro atoms. The summed E-state index contributed by atoms with van der Waals surface area (Å²) in [5.74, 6) is 0.927. The number of ether oxygens (including phenoxy) is 1. The van der Waals surface area contributed by atoms with E-state index in [2.05, 4.69) is 105 Å². The van der Waals surface area contributed by atoms with Gasteiger partial charge in [-0.05, 0) is 102 Å². The maximum atomic E-state index is 5.57. The quantitative estimate of drug-likeness (QED) is 0.227. The number of aromatic nitrogens is 2. The van der Waals surface area contributed by atoms with Crippen LogP contribution < -0.4 is 10.1 Å². The first-order chi connectivity index (χ1) is 19.6. The maximum Gasteiger partial charge on any atom is 0.119 e. The van der Waals surface area contributed by atoms with E-state index in [1.807, 2.05) is 13.8 Å². The summed E-state index contributed by atoms with van der Waals surface area (Å²) >= 11 is 0. The number of benzene rings is 3. The molecule has 40 heavy (non-hydrogen) atoms. The number of fused-ring (bicyclic) bond motifs is 2. The molecule has 0 amide bonds. The van der Waals surface area contributed by atoms with Crippen molar-refractivity contribution in [3.05, 3.63) is 94.7 Å². The second-order valence-electron chi connectivity index (χ2n) is 10.2. The number of aryl methyl sites for hydroxylation is 2. The van der Waals surface area contributed by atoms with Gasteiger partial charge >= 0.3 is 0 Å². The summed E-state index contributed by atoms with van der Waals surface area (Å²) in [5.41, 5.74) is 10.4. The van der Waals surface area contributed by atoms with E-state index in [1.165, 1.54) is 50.8 Å². The molecule has 0 unspecified atom stereocenters. The number of hydrogen-bond donors (Lipinski definition) is 1. The summed E-state index contributed by atoms with van der Waals surface area (Å²) in [5, 5.41) is 9.48. The standard InChI is InChI=1S/C31H35N3O.C3H8.C2H6/c1-4-16-32-17-18-34-21-25-19-24(12-15-30(25)33-34)31-28-14-13-26(35-3)20-23(28)9-7-11-29(31)27-10-6-5-8-22(27)2;1-3-2;1-2/h5-6,8,10,12-15,19-21,32H,4,7,9,11,16-18H2,1-3H3;3H2,1-2H3;1-2H3. The van der Waals surface area contributed by atoms with Crippen LogP contribution in [0.5, 0.6) is 5.75 Å². The molecule has 1 aliphatic rings. The normalized spacial score (nSPS) is 12.6. The van der Waals surface area contributed by atoms with Crippen molar-refractivity contribution in [2.24, 2.45) is 0 Å². The van der Waals surface area contributed by atoms with E-state index in [4.69, 9.17) is 9.84 Å². The lowest BCUT2D eigenvalue weighted by Gasteiger charge is -2.18. The average Bonchev–Trinajstić information content (AvgIpc) is 3.29. The molecule has 214 valence electrons. The van der Waals surface area contributed by atoms with Crippen molar-refractivity contribution in [3.63, 3.8) is 0 Å². The van der Waals surface area contributed by atoms with Gasteiger partial charge in [0.2, 0.25) is 0 Å². The Labute approximate surface area is 242 Å². The number of nitrogens with one attached hydrogen (secondary N) is 1. The fourth-order valence-corrected chi connectivity index (χ4v) is 5.24. The molecule has 0 bridgehead atoms. The Morgan fingerprint density at radius 1 is 0.900 bits per heavy atom. The Morgan fingerprint density at radius 2 is 1.68 bits per heavy atom. The van der Waals surface area contributed by atoms with Crippen molar-refractivity contribution < 1.29 is 4.74 Å². The van der Waals surface area contributed by atoms with Crippen LogP contribution in [0.2, 0.25) is 0 Å². The molecule has 0 radical (unpaired) electrons. The van der Waals surface area contributed by atoms with Gasteiger partial charge in [-0.3, -0.25) is 4.68 Å². The zero-order chi connectivity index (χ0) is 28.9. The number of rotatable bonds is 8. The molecule has 0 fully saturated rings. The Morgan fingerprint density at radius 3 is 2.40 bits per heavy atom. The van der Waals surface area contributed by atoms with Gasteiger partial charge in [0.25, 0.3) is 0 Å². The summed E-state index contributed by atoms with van der Waals surface area (Å²) in [6.45, 7) is 15.5. The largest absolute Gasteiger partial charge is 0.497 e. The van der Waals surface area contributed by atoms with Crippen LogP contribution in [0.15, 0.2) is 66.9 Å². The average molecular weight is 540 g/mol. The predicted molar refractivity (Wildman–Crippen MR) is 173 cm³/mol. The first-order valence-electron chi connectivity index (χ1n) is 15.2. The van der Waals surface area contributed by atoms with E-state index in [0.717, 1.165) is 56.6 Å². The van der Waals surface area contributed by atoms with E-state index in [9.17, 15) is 0 Å². The van der Waals surface area contributed by atoms with Crippen molar-refractivity contribution in [1.29, 1.82) is 0 Å². The zero-order valence-electron chi connectivity index (χ0n) is 25.8. The highest BCUT2D eigenvalue weighted by Crippen LogP contribution is 2.42. The highest BCUT2D eigenvalue weighted by atomic mass is 16.5. The molecule has 1 aliphatic carbocycles. The topological polar surface area (TPSA) is 39.1 Å². The van der Waals surface area contributed by atoms with Crippen LogP contribution in [-0.4, -0.2) is 30.0 Å². The molecule has 1 aromatic heterocycles. The summed E-state index contributed by atoms with van der Waals surface area (Å²) in [6.07, 6.45) is 7.81. The highest BCUT2D eigenvalue weighted by Gasteiger charge is 2.22. The predicted octanol–water partition coefficient (Wildman–Crippen LogP) is 9.09. The van der Waals surface area contributed by atoms with Crippen LogP contribution in [-0.2, 0) is 13.0 Å². The van der Waals surface area contributed by atoms with Gasteiger partial charge in [-0.15, -0.1) is 0 Å². The third kappa shape index (κ3) is 7.63. The van der Waals surface area contributed by atoms with Gasteiger partial charge < -0.3 is 10.1 Å². The van der Waals surface area contributed by atoms with E-state index in [1.54, 1.807) is 7.11 Å². The first-order valence-corrected chi connectivity index (χ1v) is 15.2. The molecule has 5 rings (SSSR count). The third-order valence-electron chi connectivity index (χ3n) is 7.01. The molecule has 0 saturated heterocycles.